The quantitative estimate of drug-likeness (QED) is 0.560. The largest absolute Gasteiger partial charge is 0.465 e. The highest BCUT2D eigenvalue weighted by molar-refractivity contribution is 7.11. The first-order valence-corrected chi connectivity index (χ1v) is 10.6. The molecule has 148 valence electrons. The number of aromatic nitrogens is 1. The fourth-order valence-corrected chi connectivity index (χ4v) is 4.36. The van der Waals surface area contributed by atoms with Crippen LogP contribution in [0.4, 0.5) is 0 Å². The van der Waals surface area contributed by atoms with Gasteiger partial charge in [0.2, 0.25) is 0 Å². The van der Waals surface area contributed by atoms with Crippen molar-refractivity contribution < 1.29 is 4.42 Å². The minimum Gasteiger partial charge on any atom is -0.465 e. The van der Waals surface area contributed by atoms with Crippen molar-refractivity contribution in [3.63, 3.8) is 0 Å². The SMILES string of the molecule is CCNC(=NCc1sc(C)nc1C)NCC(c1ccc(C)o1)N1CCCC1. The Balaban J connectivity index is 1.68. The van der Waals surface area contributed by atoms with Crippen molar-refractivity contribution in [2.75, 3.05) is 26.2 Å². The molecule has 0 aliphatic carbocycles. The third kappa shape index (κ3) is 5.32. The Labute approximate surface area is 166 Å². The van der Waals surface area contributed by atoms with Gasteiger partial charge in [-0.25, -0.2) is 9.98 Å². The Morgan fingerprint density at radius 1 is 1.26 bits per heavy atom. The maximum Gasteiger partial charge on any atom is 0.191 e. The summed E-state index contributed by atoms with van der Waals surface area (Å²) in [6.45, 7) is 12.7. The van der Waals surface area contributed by atoms with Gasteiger partial charge in [0.05, 0.1) is 23.3 Å². The Morgan fingerprint density at radius 3 is 2.63 bits per heavy atom. The predicted octanol–water partition coefficient (Wildman–Crippen LogP) is 3.55. The van der Waals surface area contributed by atoms with Crippen molar-refractivity contribution in [1.82, 2.24) is 20.5 Å². The van der Waals surface area contributed by atoms with Crippen LogP contribution in [0.1, 0.15) is 52.9 Å². The molecule has 1 aliphatic rings. The van der Waals surface area contributed by atoms with Crippen molar-refractivity contribution in [2.24, 2.45) is 4.99 Å². The van der Waals surface area contributed by atoms with E-state index in [0.717, 1.165) is 54.4 Å². The first kappa shape index (κ1) is 19.9. The molecule has 1 atom stereocenters. The van der Waals surface area contributed by atoms with E-state index in [-0.39, 0.29) is 6.04 Å². The molecule has 1 aliphatic heterocycles. The molecule has 1 fully saturated rings. The summed E-state index contributed by atoms with van der Waals surface area (Å²) in [5.41, 5.74) is 1.08. The number of likely N-dealkylation sites (tertiary alicyclic amines) is 1. The van der Waals surface area contributed by atoms with Crippen LogP contribution in [0.25, 0.3) is 0 Å². The lowest BCUT2D eigenvalue weighted by Crippen LogP contribution is -2.42. The van der Waals surface area contributed by atoms with E-state index in [0.29, 0.717) is 6.54 Å². The summed E-state index contributed by atoms with van der Waals surface area (Å²) in [7, 11) is 0. The molecule has 0 aromatic carbocycles. The number of hydrogen-bond acceptors (Lipinski definition) is 5. The molecule has 1 saturated heterocycles. The molecule has 1 unspecified atom stereocenters. The topological polar surface area (TPSA) is 65.7 Å². The lowest BCUT2D eigenvalue weighted by molar-refractivity contribution is 0.213. The molecule has 27 heavy (non-hydrogen) atoms. The van der Waals surface area contributed by atoms with Crippen LogP contribution in [0.5, 0.6) is 0 Å². The number of aliphatic imine (C=N–C) groups is 1. The fourth-order valence-electron chi connectivity index (χ4n) is 3.50. The number of guanidine groups is 1. The molecule has 0 bridgehead atoms. The number of nitrogens with one attached hydrogen (secondary N) is 2. The Hall–Kier alpha value is -1.86. The van der Waals surface area contributed by atoms with E-state index in [4.69, 9.17) is 9.41 Å². The first-order valence-electron chi connectivity index (χ1n) is 9.82. The van der Waals surface area contributed by atoms with Crippen molar-refractivity contribution in [3.05, 3.63) is 39.2 Å². The van der Waals surface area contributed by atoms with Crippen LogP contribution in [0, 0.1) is 20.8 Å². The van der Waals surface area contributed by atoms with Gasteiger partial charge in [0.25, 0.3) is 0 Å². The monoisotopic (exact) mass is 389 g/mol. The summed E-state index contributed by atoms with van der Waals surface area (Å²) in [6, 6.07) is 4.39. The summed E-state index contributed by atoms with van der Waals surface area (Å²) < 4.78 is 5.95. The van der Waals surface area contributed by atoms with Crippen molar-refractivity contribution >= 4 is 17.3 Å². The normalized spacial score (nSPS) is 16.7. The summed E-state index contributed by atoms with van der Waals surface area (Å²) in [4.78, 5) is 13.0. The summed E-state index contributed by atoms with van der Waals surface area (Å²) in [5.74, 6) is 2.84. The van der Waals surface area contributed by atoms with E-state index in [1.807, 2.05) is 19.9 Å². The zero-order valence-corrected chi connectivity index (χ0v) is 17.7. The van der Waals surface area contributed by atoms with Crippen LogP contribution < -0.4 is 10.6 Å². The molecule has 6 nitrogen and oxygen atoms in total. The van der Waals surface area contributed by atoms with E-state index < -0.39 is 0 Å². The van der Waals surface area contributed by atoms with Gasteiger partial charge in [-0.05, 0) is 65.8 Å². The van der Waals surface area contributed by atoms with Crippen molar-refractivity contribution in [1.29, 1.82) is 0 Å². The zero-order chi connectivity index (χ0) is 19.2. The van der Waals surface area contributed by atoms with Gasteiger partial charge in [-0.15, -0.1) is 11.3 Å². The maximum atomic E-state index is 5.95. The van der Waals surface area contributed by atoms with Crippen molar-refractivity contribution in [3.8, 4) is 0 Å². The summed E-state index contributed by atoms with van der Waals surface area (Å²) in [5, 5.41) is 7.97. The van der Waals surface area contributed by atoms with Gasteiger partial charge in [0, 0.05) is 18.0 Å². The molecule has 0 spiro atoms. The number of hydrogen-bond donors (Lipinski definition) is 2. The third-order valence-corrected chi connectivity index (χ3v) is 5.92. The van der Waals surface area contributed by atoms with E-state index in [1.165, 1.54) is 17.7 Å². The van der Waals surface area contributed by atoms with Crippen LogP contribution in [-0.2, 0) is 6.54 Å². The average molecular weight is 390 g/mol. The van der Waals surface area contributed by atoms with E-state index in [2.05, 4.69) is 40.4 Å². The van der Waals surface area contributed by atoms with Gasteiger partial charge in [-0.1, -0.05) is 0 Å². The van der Waals surface area contributed by atoms with E-state index >= 15 is 0 Å². The fraction of sp³-hybridized carbons (Fsp3) is 0.600. The van der Waals surface area contributed by atoms with Crippen LogP contribution in [-0.4, -0.2) is 42.0 Å². The number of thiazole rings is 1. The molecule has 0 saturated carbocycles. The number of aryl methyl sites for hydroxylation is 3. The molecule has 2 N–H and O–H groups in total. The Bertz CT molecular complexity index is 760. The minimum absolute atomic E-state index is 0.234. The molecule has 0 radical (unpaired) electrons. The second kappa shape index (κ2) is 9.37. The van der Waals surface area contributed by atoms with Crippen LogP contribution in [0.3, 0.4) is 0 Å². The van der Waals surface area contributed by atoms with Gasteiger partial charge in [-0.3, -0.25) is 4.90 Å². The maximum absolute atomic E-state index is 5.95. The molecular weight excluding hydrogens is 358 g/mol. The number of rotatable bonds is 7. The molecular formula is C20H31N5OS. The average Bonchev–Trinajstić information content (AvgIpc) is 3.36. The van der Waals surface area contributed by atoms with E-state index in [9.17, 15) is 0 Å². The molecule has 2 aromatic heterocycles. The van der Waals surface area contributed by atoms with Crippen LogP contribution in [0.2, 0.25) is 0 Å². The standard InChI is InChI=1S/C20H31N5OS/c1-5-21-20(23-13-19-15(3)24-16(4)27-19)22-12-17(25-10-6-7-11-25)18-9-8-14(2)26-18/h8-9,17H,5-7,10-13H2,1-4H3,(H2,21,22,23). The smallest absolute Gasteiger partial charge is 0.191 e. The summed E-state index contributed by atoms with van der Waals surface area (Å²) >= 11 is 1.72. The number of furan rings is 1. The predicted molar refractivity (Wildman–Crippen MR) is 111 cm³/mol. The second-order valence-electron chi connectivity index (χ2n) is 7.02. The zero-order valence-electron chi connectivity index (χ0n) is 16.8. The lowest BCUT2D eigenvalue weighted by atomic mass is 10.2. The molecule has 0 amide bonds. The Morgan fingerprint density at radius 2 is 2.04 bits per heavy atom. The molecule has 2 aromatic rings. The second-order valence-corrected chi connectivity index (χ2v) is 8.31. The number of nitrogens with zero attached hydrogens (tertiary/aromatic N) is 3. The van der Waals surface area contributed by atoms with Gasteiger partial charge < -0.3 is 15.1 Å². The van der Waals surface area contributed by atoms with Gasteiger partial charge in [0.1, 0.15) is 11.5 Å². The van der Waals surface area contributed by atoms with Gasteiger partial charge in [0.15, 0.2) is 5.96 Å². The molecule has 3 heterocycles. The molecule has 3 rings (SSSR count). The van der Waals surface area contributed by atoms with Crippen LogP contribution >= 0.6 is 11.3 Å². The highest BCUT2D eigenvalue weighted by atomic mass is 32.1. The highest BCUT2D eigenvalue weighted by Crippen LogP contribution is 2.26. The van der Waals surface area contributed by atoms with Crippen molar-refractivity contribution in [2.45, 2.75) is 53.1 Å². The summed E-state index contributed by atoms with van der Waals surface area (Å²) in [6.07, 6.45) is 2.52. The highest BCUT2D eigenvalue weighted by Gasteiger charge is 2.26. The van der Waals surface area contributed by atoms with Crippen LogP contribution in [0.15, 0.2) is 21.5 Å². The van der Waals surface area contributed by atoms with E-state index in [1.54, 1.807) is 11.3 Å². The minimum atomic E-state index is 0.234. The molecule has 7 heteroatoms. The first-order chi connectivity index (χ1) is 13.1. The Kier molecular flexibility index (Phi) is 6.90. The van der Waals surface area contributed by atoms with Gasteiger partial charge >= 0.3 is 0 Å². The third-order valence-electron chi connectivity index (χ3n) is 4.86. The lowest BCUT2D eigenvalue weighted by Gasteiger charge is -2.26. The van der Waals surface area contributed by atoms with Gasteiger partial charge in [-0.2, -0.15) is 0 Å².